The summed E-state index contributed by atoms with van der Waals surface area (Å²) in [5.41, 5.74) is 1.46. The Labute approximate surface area is 121 Å². The van der Waals surface area contributed by atoms with Crippen LogP contribution in [0, 0.1) is 11.8 Å². The molecule has 0 aromatic carbocycles. The molecule has 20 heavy (non-hydrogen) atoms. The summed E-state index contributed by atoms with van der Waals surface area (Å²) in [4.78, 5) is 16.5. The zero-order chi connectivity index (χ0) is 14.5. The first-order valence-corrected chi connectivity index (χ1v) is 7.62. The maximum atomic E-state index is 12.3. The van der Waals surface area contributed by atoms with E-state index in [1.165, 1.54) is 6.42 Å². The maximum Gasteiger partial charge on any atom is 0.270 e. The number of amides is 1. The molecule has 1 aromatic heterocycles. The number of carbonyl (C=O) groups is 1. The van der Waals surface area contributed by atoms with Crippen molar-refractivity contribution in [1.29, 1.82) is 0 Å². The van der Waals surface area contributed by atoms with Gasteiger partial charge < -0.3 is 10.6 Å². The second-order valence-corrected chi connectivity index (χ2v) is 5.85. The van der Waals surface area contributed by atoms with E-state index in [2.05, 4.69) is 36.4 Å². The Bertz CT molecular complexity index is 461. The molecule has 0 saturated heterocycles. The molecule has 4 nitrogen and oxygen atoms in total. The first-order chi connectivity index (χ1) is 9.61. The van der Waals surface area contributed by atoms with Crippen LogP contribution in [0.2, 0.25) is 0 Å². The Morgan fingerprint density at radius 2 is 2.20 bits per heavy atom. The van der Waals surface area contributed by atoms with Crippen molar-refractivity contribution in [2.75, 3.05) is 11.9 Å². The van der Waals surface area contributed by atoms with Gasteiger partial charge in [0.15, 0.2) is 0 Å². The number of anilines is 1. The lowest BCUT2D eigenvalue weighted by Crippen LogP contribution is -2.37. The lowest BCUT2D eigenvalue weighted by molar-refractivity contribution is 0.0922. The molecule has 1 aliphatic rings. The predicted octanol–water partition coefficient (Wildman–Crippen LogP) is 3.07. The van der Waals surface area contributed by atoms with Crippen LogP contribution >= 0.6 is 0 Å². The van der Waals surface area contributed by atoms with E-state index in [9.17, 15) is 4.79 Å². The van der Waals surface area contributed by atoms with Crippen molar-refractivity contribution >= 4 is 11.6 Å². The van der Waals surface area contributed by atoms with Gasteiger partial charge in [0.1, 0.15) is 5.69 Å². The van der Waals surface area contributed by atoms with Crippen LogP contribution in [0.3, 0.4) is 0 Å². The van der Waals surface area contributed by atoms with Crippen LogP contribution in [-0.4, -0.2) is 23.5 Å². The molecule has 110 valence electrons. The molecule has 0 spiro atoms. The van der Waals surface area contributed by atoms with E-state index in [1.807, 2.05) is 12.1 Å². The SMILES string of the molecule is CCCNc1ccnc(C(=O)NC2CCC(C)C2C)c1. The normalized spacial score (nSPS) is 25.4. The van der Waals surface area contributed by atoms with Gasteiger partial charge in [-0.2, -0.15) is 0 Å². The fraction of sp³-hybridized carbons (Fsp3) is 0.625. The van der Waals surface area contributed by atoms with Crippen molar-refractivity contribution in [3.8, 4) is 0 Å². The van der Waals surface area contributed by atoms with Crippen molar-refractivity contribution in [3.63, 3.8) is 0 Å². The molecule has 4 heteroatoms. The van der Waals surface area contributed by atoms with Gasteiger partial charge in [0.2, 0.25) is 0 Å². The third-order valence-electron chi connectivity index (χ3n) is 4.35. The molecule has 1 heterocycles. The molecule has 0 aliphatic heterocycles. The molecule has 1 fully saturated rings. The average molecular weight is 275 g/mol. The van der Waals surface area contributed by atoms with E-state index in [-0.39, 0.29) is 11.9 Å². The summed E-state index contributed by atoms with van der Waals surface area (Å²) >= 11 is 0. The van der Waals surface area contributed by atoms with E-state index >= 15 is 0 Å². The number of hydrogen-bond donors (Lipinski definition) is 2. The number of carbonyl (C=O) groups excluding carboxylic acids is 1. The third kappa shape index (κ3) is 3.50. The number of hydrogen-bond acceptors (Lipinski definition) is 3. The largest absolute Gasteiger partial charge is 0.385 e. The van der Waals surface area contributed by atoms with E-state index in [4.69, 9.17) is 0 Å². The van der Waals surface area contributed by atoms with Crippen molar-refractivity contribution in [2.24, 2.45) is 11.8 Å². The Balaban J connectivity index is 1.98. The second-order valence-electron chi connectivity index (χ2n) is 5.85. The smallest absolute Gasteiger partial charge is 0.270 e. The van der Waals surface area contributed by atoms with Crippen LogP contribution in [0.5, 0.6) is 0 Å². The van der Waals surface area contributed by atoms with Gasteiger partial charge >= 0.3 is 0 Å². The summed E-state index contributed by atoms with van der Waals surface area (Å²) in [6.45, 7) is 7.49. The zero-order valence-electron chi connectivity index (χ0n) is 12.6. The molecule has 1 amide bonds. The quantitative estimate of drug-likeness (QED) is 0.868. The molecule has 1 aliphatic carbocycles. The number of rotatable bonds is 5. The molecular weight excluding hydrogens is 250 g/mol. The zero-order valence-corrected chi connectivity index (χ0v) is 12.6. The number of nitrogens with zero attached hydrogens (tertiary/aromatic N) is 1. The van der Waals surface area contributed by atoms with Gasteiger partial charge in [-0.05, 0) is 43.2 Å². The van der Waals surface area contributed by atoms with Crippen LogP contribution in [0.1, 0.15) is 50.5 Å². The number of nitrogens with one attached hydrogen (secondary N) is 2. The third-order valence-corrected chi connectivity index (χ3v) is 4.35. The molecule has 0 radical (unpaired) electrons. The monoisotopic (exact) mass is 275 g/mol. The van der Waals surface area contributed by atoms with Crippen LogP contribution < -0.4 is 10.6 Å². The number of pyridine rings is 1. The highest BCUT2D eigenvalue weighted by Gasteiger charge is 2.31. The van der Waals surface area contributed by atoms with E-state index in [0.717, 1.165) is 25.1 Å². The van der Waals surface area contributed by atoms with Crippen molar-refractivity contribution in [3.05, 3.63) is 24.0 Å². The topological polar surface area (TPSA) is 54.0 Å². The lowest BCUT2D eigenvalue weighted by atomic mass is 9.98. The fourth-order valence-corrected chi connectivity index (χ4v) is 2.74. The van der Waals surface area contributed by atoms with Crippen LogP contribution in [0.4, 0.5) is 5.69 Å². The van der Waals surface area contributed by atoms with E-state index < -0.39 is 0 Å². The van der Waals surface area contributed by atoms with Crippen molar-refractivity contribution in [1.82, 2.24) is 10.3 Å². The summed E-state index contributed by atoms with van der Waals surface area (Å²) in [5.74, 6) is 1.17. The highest BCUT2D eigenvalue weighted by atomic mass is 16.1. The van der Waals surface area contributed by atoms with Gasteiger partial charge in [-0.15, -0.1) is 0 Å². The predicted molar refractivity (Wildman–Crippen MR) is 81.8 cm³/mol. The van der Waals surface area contributed by atoms with Gasteiger partial charge in [0.25, 0.3) is 5.91 Å². The van der Waals surface area contributed by atoms with Crippen molar-refractivity contribution in [2.45, 2.75) is 46.1 Å². The van der Waals surface area contributed by atoms with E-state index in [0.29, 0.717) is 17.5 Å². The molecule has 3 unspecified atom stereocenters. The summed E-state index contributed by atoms with van der Waals surface area (Å²) in [7, 11) is 0. The molecule has 0 bridgehead atoms. The first kappa shape index (κ1) is 14.8. The first-order valence-electron chi connectivity index (χ1n) is 7.62. The van der Waals surface area contributed by atoms with Crippen molar-refractivity contribution < 1.29 is 4.79 Å². The standard InChI is InChI=1S/C16H25N3O/c1-4-8-17-13-7-9-18-15(10-13)16(20)19-14-6-5-11(2)12(14)3/h7,9-12,14H,4-6,8H2,1-3H3,(H,17,18)(H,19,20). The average Bonchev–Trinajstić information content (AvgIpc) is 2.77. The lowest BCUT2D eigenvalue weighted by Gasteiger charge is -2.19. The summed E-state index contributed by atoms with van der Waals surface area (Å²) < 4.78 is 0. The van der Waals surface area contributed by atoms with Gasteiger partial charge in [0.05, 0.1) is 0 Å². The van der Waals surface area contributed by atoms with Gasteiger partial charge in [-0.1, -0.05) is 20.8 Å². The minimum Gasteiger partial charge on any atom is -0.385 e. The van der Waals surface area contributed by atoms with Crippen LogP contribution in [0.25, 0.3) is 0 Å². The van der Waals surface area contributed by atoms with E-state index in [1.54, 1.807) is 6.20 Å². The Hall–Kier alpha value is -1.58. The molecule has 2 rings (SSSR count). The fourth-order valence-electron chi connectivity index (χ4n) is 2.74. The minimum absolute atomic E-state index is 0.0592. The van der Waals surface area contributed by atoms with Gasteiger partial charge in [-0.3, -0.25) is 9.78 Å². The number of aromatic nitrogens is 1. The molecule has 2 N–H and O–H groups in total. The molecule has 1 saturated carbocycles. The van der Waals surface area contributed by atoms with Crippen LogP contribution in [0.15, 0.2) is 18.3 Å². The molecular formula is C16H25N3O. The van der Waals surface area contributed by atoms with Crippen LogP contribution in [-0.2, 0) is 0 Å². The summed E-state index contributed by atoms with van der Waals surface area (Å²) in [6.07, 6.45) is 5.01. The second kappa shape index (κ2) is 6.73. The highest BCUT2D eigenvalue weighted by molar-refractivity contribution is 5.93. The highest BCUT2D eigenvalue weighted by Crippen LogP contribution is 2.31. The Morgan fingerprint density at radius 3 is 2.85 bits per heavy atom. The minimum atomic E-state index is -0.0592. The maximum absolute atomic E-state index is 12.3. The van der Waals surface area contributed by atoms with Gasteiger partial charge in [0, 0.05) is 24.5 Å². The molecule has 1 aromatic rings. The Kier molecular flexibility index (Phi) is 4.99. The molecule has 3 atom stereocenters. The van der Waals surface area contributed by atoms with Gasteiger partial charge in [-0.25, -0.2) is 0 Å². The Morgan fingerprint density at radius 1 is 1.40 bits per heavy atom. The summed E-state index contributed by atoms with van der Waals surface area (Å²) in [6, 6.07) is 4.01. The summed E-state index contributed by atoms with van der Waals surface area (Å²) in [5, 5.41) is 6.41.